The molecule has 2 N–H and O–H groups in total. The van der Waals surface area contributed by atoms with Gasteiger partial charge in [-0.2, -0.15) is 0 Å². The summed E-state index contributed by atoms with van der Waals surface area (Å²) in [4.78, 5) is 2.68. The molecule has 1 aliphatic rings. The van der Waals surface area contributed by atoms with Crippen molar-refractivity contribution in [2.24, 2.45) is 0 Å². The van der Waals surface area contributed by atoms with Gasteiger partial charge in [0.05, 0.1) is 0 Å². The topological polar surface area (TPSA) is 29.3 Å². The highest BCUT2D eigenvalue weighted by molar-refractivity contribution is 5.41. The summed E-state index contributed by atoms with van der Waals surface area (Å²) in [5.41, 5.74) is 8.14. The molecule has 1 heterocycles. The van der Waals surface area contributed by atoms with Gasteiger partial charge in [0.1, 0.15) is 0 Å². The summed E-state index contributed by atoms with van der Waals surface area (Å²) in [6.07, 6.45) is 6.70. The van der Waals surface area contributed by atoms with Gasteiger partial charge in [-0.3, -0.25) is 4.90 Å². The number of anilines is 1. The molecule has 0 aliphatic carbocycles. The van der Waals surface area contributed by atoms with E-state index in [0.29, 0.717) is 6.04 Å². The van der Waals surface area contributed by atoms with Crippen molar-refractivity contribution in [3.63, 3.8) is 0 Å². The van der Waals surface area contributed by atoms with Crippen LogP contribution < -0.4 is 5.73 Å². The second-order valence-corrected chi connectivity index (χ2v) is 5.52. The van der Waals surface area contributed by atoms with Gasteiger partial charge in [0.2, 0.25) is 0 Å². The smallest absolute Gasteiger partial charge is 0.0323 e. The Morgan fingerprint density at radius 3 is 2.94 bits per heavy atom. The van der Waals surface area contributed by atoms with Gasteiger partial charge in [0, 0.05) is 17.8 Å². The molecule has 0 spiro atoms. The first-order chi connectivity index (χ1) is 8.72. The van der Waals surface area contributed by atoms with Gasteiger partial charge in [-0.15, -0.1) is 0 Å². The Morgan fingerprint density at radius 2 is 2.22 bits per heavy atom. The summed E-state index contributed by atoms with van der Waals surface area (Å²) in [5.74, 6) is 0. The van der Waals surface area contributed by atoms with Crippen LogP contribution in [0.2, 0.25) is 0 Å². The van der Waals surface area contributed by atoms with Crippen LogP contribution >= 0.6 is 0 Å². The number of piperidine rings is 1. The minimum Gasteiger partial charge on any atom is -0.399 e. The summed E-state index contributed by atoms with van der Waals surface area (Å²) in [6, 6.07) is 9.63. The minimum atomic E-state index is 0.491. The molecular formula is C16H26N2. The lowest BCUT2D eigenvalue weighted by Crippen LogP contribution is -2.41. The van der Waals surface area contributed by atoms with Crippen molar-refractivity contribution in [3.05, 3.63) is 29.8 Å². The number of nitrogens with two attached hydrogens (primary N) is 1. The molecule has 1 aliphatic heterocycles. The lowest BCUT2D eigenvalue weighted by Gasteiger charge is -2.40. The number of likely N-dealkylation sites (tertiary alicyclic amines) is 1. The minimum absolute atomic E-state index is 0.491. The molecule has 1 aromatic carbocycles. The summed E-state index contributed by atoms with van der Waals surface area (Å²) >= 11 is 0. The third-order valence-corrected chi connectivity index (χ3v) is 4.19. The fraction of sp³-hybridized carbons (Fsp3) is 0.625. The first-order valence-corrected chi connectivity index (χ1v) is 7.33. The van der Waals surface area contributed by atoms with Gasteiger partial charge < -0.3 is 5.73 Å². The lowest BCUT2D eigenvalue weighted by molar-refractivity contribution is 0.0963. The van der Waals surface area contributed by atoms with Crippen LogP contribution in [0.5, 0.6) is 0 Å². The maximum absolute atomic E-state index is 5.90. The van der Waals surface area contributed by atoms with E-state index < -0.39 is 0 Å². The highest BCUT2D eigenvalue weighted by Gasteiger charge is 2.26. The predicted molar refractivity (Wildman–Crippen MR) is 78.5 cm³/mol. The first-order valence-electron chi connectivity index (χ1n) is 7.33. The molecule has 1 saturated heterocycles. The van der Waals surface area contributed by atoms with Crippen molar-refractivity contribution in [1.29, 1.82) is 0 Å². The Bertz CT molecular complexity index is 373. The largest absolute Gasteiger partial charge is 0.399 e. The maximum Gasteiger partial charge on any atom is 0.0323 e. The van der Waals surface area contributed by atoms with E-state index in [9.17, 15) is 0 Å². The summed E-state index contributed by atoms with van der Waals surface area (Å²) < 4.78 is 0. The molecule has 0 bridgehead atoms. The third-order valence-electron chi connectivity index (χ3n) is 4.19. The number of rotatable bonds is 4. The van der Waals surface area contributed by atoms with Crippen LogP contribution in [0.4, 0.5) is 5.69 Å². The van der Waals surface area contributed by atoms with Crippen LogP contribution in [0.25, 0.3) is 0 Å². The Hall–Kier alpha value is -1.02. The van der Waals surface area contributed by atoms with E-state index in [2.05, 4.69) is 36.9 Å². The molecule has 1 fully saturated rings. The van der Waals surface area contributed by atoms with Crippen molar-refractivity contribution in [3.8, 4) is 0 Å². The normalized spacial score (nSPS) is 22.9. The van der Waals surface area contributed by atoms with E-state index in [1.54, 1.807) is 0 Å². The van der Waals surface area contributed by atoms with Gasteiger partial charge >= 0.3 is 0 Å². The molecule has 0 saturated carbocycles. The SMILES string of the molecule is CCCC1CCCCN1C(C)c1cccc(N)c1. The highest BCUT2D eigenvalue weighted by atomic mass is 15.2. The Labute approximate surface area is 111 Å². The summed E-state index contributed by atoms with van der Waals surface area (Å²) in [5, 5.41) is 0. The Balaban J connectivity index is 2.12. The molecule has 2 rings (SSSR count). The van der Waals surface area contributed by atoms with E-state index in [-0.39, 0.29) is 0 Å². The Morgan fingerprint density at radius 1 is 1.39 bits per heavy atom. The van der Waals surface area contributed by atoms with E-state index in [1.165, 1.54) is 44.2 Å². The van der Waals surface area contributed by atoms with E-state index in [4.69, 9.17) is 5.73 Å². The summed E-state index contributed by atoms with van der Waals surface area (Å²) in [7, 11) is 0. The standard InChI is InChI=1S/C16H26N2/c1-3-7-16-10-4-5-11-18(16)13(2)14-8-6-9-15(17)12-14/h6,8-9,12-13,16H,3-5,7,10-11,17H2,1-2H3. The number of nitrogens with zero attached hydrogens (tertiary/aromatic N) is 1. The van der Waals surface area contributed by atoms with Crippen molar-refractivity contribution >= 4 is 5.69 Å². The first kappa shape index (κ1) is 13.4. The molecule has 0 aromatic heterocycles. The fourth-order valence-corrected chi connectivity index (χ4v) is 3.19. The molecule has 18 heavy (non-hydrogen) atoms. The number of hydrogen-bond donors (Lipinski definition) is 1. The van der Waals surface area contributed by atoms with Crippen LogP contribution in [0.15, 0.2) is 24.3 Å². The molecule has 2 heteroatoms. The van der Waals surface area contributed by atoms with Crippen molar-refractivity contribution in [1.82, 2.24) is 4.90 Å². The van der Waals surface area contributed by atoms with Crippen LogP contribution in [0.3, 0.4) is 0 Å². The van der Waals surface area contributed by atoms with Crippen LogP contribution in [0.1, 0.15) is 57.6 Å². The zero-order valence-corrected chi connectivity index (χ0v) is 11.7. The quantitative estimate of drug-likeness (QED) is 0.814. The number of benzene rings is 1. The van der Waals surface area contributed by atoms with Crippen LogP contribution in [-0.2, 0) is 0 Å². The average Bonchev–Trinajstić information content (AvgIpc) is 2.39. The molecule has 2 nitrogen and oxygen atoms in total. The van der Waals surface area contributed by atoms with Crippen molar-refractivity contribution in [2.75, 3.05) is 12.3 Å². The van der Waals surface area contributed by atoms with Gasteiger partial charge in [0.25, 0.3) is 0 Å². The molecule has 1 aromatic rings. The molecule has 0 amide bonds. The molecule has 2 atom stereocenters. The molecule has 0 radical (unpaired) electrons. The number of nitrogen functional groups attached to an aromatic ring is 1. The summed E-state index contributed by atoms with van der Waals surface area (Å²) in [6.45, 7) is 5.85. The predicted octanol–water partition coefficient (Wildman–Crippen LogP) is 3.98. The lowest BCUT2D eigenvalue weighted by atomic mass is 9.94. The van der Waals surface area contributed by atoms with Crippen LogP contribution in [-0.4, -0.2) is 17.5 Å². The van der Waals surface area contributed by atoms with Crippen LogP contribution in [0, 0.1) is 0 Å². The molecule has 2 unspecified atom stereocenters. The Kier molecular flexibility index (Phi) is 4.65. The molecule has 100 valence electrons. The van der Waals surface area contributed by atoms with E-state index in [1.807, 2.05) is 6.07 Å². The monoisotopic (exact) mass is 246 g/mol. The van der Waals surface area contributed by atoms with Gasteiger partial charge in [-0.05, 0) is 50.4 Å². The van der Waals surface area contributed by atoms with Crippen molar-refractivity contribution in [2.45, 2.75) is 58.0 Å². The van der Waals surface area contributed by atoms with Gasteiger partial charge in [-0.1, -0.05) is 31.9 Å². The van der Waals surface area contributed by atoms with Crippen molar-refractivity contribution < 1.29 is 0 Å². The second-order valence-electron chi connectivity index (χ2n) is 5.52. The highest BCUT2D eigenvalue weighted by Crippen LogP contribution is 2.30. The average molecular weight is 246 g/mol. The number of hydrogen-bond acceptors (Lipinski definition) is 2. The van der Waals surface area contributed by atoms with E-state index >= 15 is 0 Å². The maximum atomic E-state index is 5.90. The van der Waals surface area contributed by atoms with Gasteiger partial charge in [-0.25, -0.2) is 0 Å². The zero-order chi connectivity index (χ0) is 13.0. The molecular weight excluding hydrogens is 220 g/mol. The van der Waals surface area contributed by atoms with E-state index in [0.717, 1.165) is 11.7 Å². The van der Waals surface area contributed by atoms with Gasteiger partial charge in [0.15, 0.2) is 0 Å². The second kappa shape index (κ2) is 6.24. The third kappa shape index (κ3) is 3.05. The fourth-order valence-electron chi connectivity index (χ4n) is 3.19. The zero-order valence-electron chi connectivity index (χ0n) is 11.7.